The molecule has 0 bridgehead atoms. The molecule has 1 heterocycles. The van der Waals surface area contributed by atoms with Crippen molar-refractivity contribution in [2.75, 3.05) is 6.61 Å². The van der Waals surface area contributed by atoms with Gasteiger partial charge in [0.2, 0.25) is 0 Å². The second-order valence-corrected chi connectivity index (χ2v) is 4.77. The quantitative estimate of drug-likeness (QED) is 0.388. The number of rotatable bonds is 2. The van der Waals surface area contributed by atoms with Gasteiger partial charge >= 0.3 is 0 Å². The summed E-state index contributed by atoms with van der Waals surface area (Å²) < 4.78 is 5.14. The van der Waals surface area contributed by atoms with Gasteiger partial charge in [0.1, 0.15) is 12.2 Å². The average Bonchev–Trinajstić information content (AvgIpc) is 2.20. The maximum atomic E-state index is 10.1. The SMILES string of the molecule is CC(C)C1(O)O[C@H](CO)[C@H](O)[C@H](S)[C@H]1O. The Morgan fingerprint density at radius 1 is 1.40 bits per heavy atom. The van der Waals surface area contributed by atoms with Crippen molar-refractivity contribution in [2.24, 2.45) is 5.92 Å². The van der Waals surface area contributed by atoms with Crippen LogP contribution in [0.2, 0.25) is 0 Å². The molecule has 0 aromatic heterocycles. The van der Waals surface area contributed by atoms with E-state index in [-0.39, 0.29) is 5.92 Å². The Hall–Kier alpha value is 0.150. The Labute approximate surface area is 94.1 Å². The van der Waals surface area contributed by atoms with Crippen LogP contribution in [-0.2, 0) is 4.74 Å². The maximum Gasteiger partial charge on any atom is 0.196 e. The van der Waals surface area contributed by atoms with Gasteiger partial charge in [-0.3, -0.25) is 0 Å². The van der Waals surface area contributed by atoms with Crippen LogP contribution in [0.4, 0.5) is 0 Å². The van der Waals surface area contributed by atoms with E-state index in [1.807, 2.05) is 0 Å². The number of ether oxygens (including phenoxy) is 1. The Morgan fingerprint density at radius 3 is 2.33 bits per heavy atom. The third-order valence-electron chi connectivity index (χ3n) is 2.83. The Balaban J connectivity index is 2.92. The van der Waals surface area contributed by atoms with E-state index >= 15 is 0 Å². The predicted octanol–water partition coefficient (Wildman–Crippen LogP) is -1.26. The first-order valence-electron chi connectivity index (χ1n) is 4.89. The number of thiol groups is 1. The lowest BCUT2D eigenvalue weighted by molar-refractivity contribution is -0.338. The van der Waals surface area contributed by atoms with Crippen LogP contribution in [0.3, 0.4) is 0 Å². The summed E-state index contributed by atoms with van der Waals surface area (Å²) in [5.41, 5.74) is 0. The first-order chi connectivity index (χ1) is 6.84. The number of aliphatic hydroxyl groups excluding tert-OH is 3. The topological polar surface area (TPSA) is 90.2 Å². The molecule has 4 N–H and O–H groups in total. The zero-order chi connectivity index (χ0) is 11.8. The van der Waals surface area contributed by atoms with Crippen molar-refractivity contribution >= 4 is 12.6 Å². The van der Waals surface area contributed by atoms with Crippen molar-refractivity contribution in [1.29, 1.82) is 0 Å². The summed E-state index contributed by atoms with van der Waals surface area (Å²) >= 11 is 4.02. The van der Waals surface area contributed by atoms with Gasteiger partial charge in [-0.05, 0) is 0 Å². The molecule has 0 aromatic rings. The highest BCUT2D eigenvalue weighted by Crippen LogP contribution is 2.35. The van der Waals surface area contributed by atoms with Gasteiger partial charge < -0.3 is 25.2 Å². The monoisotopic (exact) mass is 238 g/mol. The number of aliphatic hydroxyl groups is 4. The summed E-state index contributed by atoms with van der Waals surface area (Å²) in [5, 5.41) is 37.5. The Kier molecular flexibility index (Phi) is 4.02. The lowest BCUT2D eigenvalue weighted by Gasteiger charge is -2.47. The van der Waals surface area contributed by atoms with Crippen LogP contribution in [0.5, 0.6) is 0 Å². The van der Waals surface area contributed by atoms with E-state index in [2.05, 4.69) is 12.6 Å². The lowest BCUT2D eigenvalue weighted by atomic mass is 9.88. The minimum atomic E-state index is -1.78. The summed E-state index contributed by atoms with van der Waals surface area (Å²) in [7, 11) is 0. The second kappa shape index (κ2) is 4.57. The van der Waals surface area contributed by atoms with Gasteiger partial charge in [-0.2, -0.15) is 12.6 Å². The molecule has 0 amide bonds. The van der Waals surface area contributed by atoms with E-state index in [1.165, 1.54) is 0 Å². The fraction of sp³-hybridized carbons (Fsp3) is 1.00. The second-order valence-electron chi connectivity index (χ2n) is 4.17. The van der Waals surface area contributed by atoms with E-state index in [1.54, 1.807) is 13.8 Å². The summed E-state index contributed by atoms with van der Waals surface area (Å²) in [4.78, 5) is 0. The van der Waals surface area contributed by atoms with E-state index in [4.69, 9.17) is 9.84 Å². The first kappa shape index (κ1) is 13.2. The minimum absolute atomic E-state index is 0.372. The van der Waals surface area contributed by atoms with Crippen molar-refractivity contribution in [2.45, 2.75) is 43.2 Å². The molecule has 0 spiro atoms. The summed E-state index contributed by atoms with van der Waals surface area (Å²) in [6.07, 6.45) is -3.32. The van der Waals surface area contributed by atoms with Crippen LogP contribution in [0, 0.1) is 5.92 Å². The maximum absolute atomic E-state index is 10.1. The average molecular weight is 238 g/mol. The third kappa shape index (κ3) is 2.15. The first-order valence-corrected chi connectivity index (χ1v) is 5.41. The molecule has 1 fully saturated rings. The van der Waals surface area contributed by atoms with Crippen LogP contribution in [0.1, 0.15) is 13.8 Å². The van der Waals surface area contributed by atoms with Crippen molar-refractivity contribution in [3.05, 3.63) is 0 Å². The predicted molar refractivity (Wildman–Crippen MR) is 56.5 cm³/mol. The molecule has 15 heavy (non-hydrogen) atoms. The highest BCUT2D eigenvalue weighted by molar-refractivity contribution is 7.81. The zero-order valence-electron chi connectivity index (χ0n) is 8.74. The highest BCUT2D eigenvalue weighted by atomic mass is 32.1. The fourth-order valence-electron chi connectivity index (χ4n) is 1.66. The van der Waals surface area contributed by atoms with Gasteiger partial charge in [0.05, 0.1) is 18.0 Å². The van der Waals surface area contributed by atoms with Gasteiger partial charge in [-0.25, -0.2) is 0 Å². The molecule has 1 unspecified atom stereocenters. The lowest BCUT2D eigenvalue weighted by Crippen LogP contribution is -2.65. The number of hydrogen-bond acceptors (Lipinski definition) is 6. The van der Waals surface area contributed by atoms with Crippen LogP contribution >= 0.6 is 12.6 Å². The Morgan fingerprint density at radius 2 is 1.93 bits per heavy atom. The summed E-state index contributed by atoms with van der Waals surface area (Å²) in [6.45, 7) is 2.92. The molecule has 5 atom stereocenters. The van der Waals surface area contributed by atoms with Crippen LogP contribution in [0.25, 0.3) is 0 Å². The number of hydrogen-bond donors (Lipinski definition) is 5. The molecule has 0 aromatic carbocycles. The van der Waals surface area contributed by atoms with E-state index in [9.17, 15) is 15.3 Å². The molecule has 0 aliphatic carbocycles. The zero-order valence-corrected chi connectivity index (χ0v) is 9.63. The molecule has 0 saturated carbocycles. The van der Waals surface area contributed by atoms with Crippen molar-refractivity contribution in [3.8, 4) is 0 Å². The molecule has 1 aliphatic heterocycles. The molecule has 90 valence electrons. The van der Waals surface area contributed by atoms with Crippen LogP contribution in [-0.4, -0.2) is 56.4 Å². The van der Waals surface area contributed by atoms with Gasteiger partial charge in [0.15, 0.2) is 5.79 Å². The minimum Gasteiger partial charge on any atom is -0.394 e. The fourth-order valence-corrected chi connectivity index (χ4v) is 2.06. The van der Waals surface area contributed by atoms with Crippen LogP contribution in [0.15, 0.2) is 0 Å². The molecule has 0 radical (unpaired) electrons. The van der Waals surface area contributed by atoms with Gasteiger partial charge in [-0.15, -0.1) is 0 Å². The van der Waals surface area contributed by atoms with Gasteiger partial charge in [0.25, 0.3) is 0 Å². The van der Waals surface area contributed by atoms with E-state index in [0.717, 1.165) is 0 Å². The summed E-state index contributed by atoms with van der Waals surface area (Å²) in [5.74, 6) is -2.15. The van der Waals surface area contributed by atoms with Gasteiger partial charge in [0, 0.05) is 5.92 Å². The Bertz CT molecular complexity index is 223. The molecule has 1 saturated heterocycles. The highest BCUT2D eigenvalue weighted by Gasteiger charge is 2.53. The normalized spacial score (nSPS) is 47.2. The molecule has 1 rings (SSSR count). The molecule has 6 heteroatoms. The van der Waals surface area contributed by atoms with E-state index < -0.39 is 36.0 Å². The smallest absolute Gasteiger partial charge is 0.196 e. The molecule has 1 aliphatic rings. The van der Waals surface area contributed by atoms with Crippen LogP contribution < -0.4 is 0 Å². The van der Waals surface area contributed by atoms with Crippen molar-refractivity contribution in [1.82, 2.24) is 0 Å². The molecule has 5 nitrogen and oxygen atoms in total. The van der Waals surface area contributed by atoms with E-state index in [0.29, 0.717) is 0 Å². The summed E-state index contributed by atoms with van der Waals surface area (Å²) in [6, 6.07) is 0. The standard InChI is InChI=1S/C9H18O5S/c1-4(2)9(13)8(12)7(15)6(11)5(3-10)14-9/h4-8,10-13,15H,3H2,1-2H3/t5-,6+,7+,8-,9?/m1/s1. The molecular formula is C9H18O5S. The largest absolute Gasteiger partial charge is 0.394 e. The van der Waals surface area contributed by atoms with Gasteiger partial charge in [-0.1, -0.05) is 13.8 Å². The van der Waals surface area contributed by atoms with Crippen molar-refractivity contribution in [3.63, 3.8) is 0 Å². The van der Waals surface area contributed by atoms with Crippen molar-refractivity contribution < 1.29 is 25.2 Å². The third-order valence-corrected chi connectivity index (χ3v) is 3.41. The molecular weight excluding hydrogens is 220 g/mol.